The summed E-state index contributed by atoms with van der Waals surface area (Å²) in [5, 5.41) is 5.44. The lowest BCUT2D eigenvalue weighted by Gasteiger charge is -2.36. The minimum atomic E-state index is 0.704. The van der Waals surface area contributed by atoms with E-state index in [0.717, 1.165) is 43.0 Å². The summed E-state index contributed by atoms with van der Waals surface area (Å²) in [6.07, 6.45) is 2.54. The van der Waals surface area contributed by atoms with Crippen molar-refractivity contribution in [2.45, 2.75) is 18.8 Å². The van der Waals surface area contributed by atoms with Crippen LogP contribution in [0, 0.1) is 0 Å². The van der Waals surface area contributed by atoms with Gasteiger partial charge in [0.2, 0.25) is 0 Å². The van der Waals surface area contributed by atoms with Crippen LogP contribution in [0.1, 0.15) is 23.5 Å². The summed E-state index contributed by atoms with van der Waals surface area (Å²) in [7, 11) is 0. The summed E-state index contributed by atoms with van der Waals surface area (Å²) in [6, 6.07) is 17.1. The van der Waals surface area contributed by atoms with Crippen molar-refractivity contribution in [3.63, 3.8) is 0 Å². The second-order valence-corrected chi connectivity index (χ2v) is 7.22. The average Bonchev–Trinajstić information content (AvgIpc) is 3.27. The summed E-state index contributed by atoms with van der Waals surface area (Å²) in [5.41, 5.74) is 4.01. The summed E-state index contributed by atoms with van der Waals surface area (Å²) in [6.45, 7) is 5.42. The van der Waals surface area contributed by atoms with Crippen LogP contribution in [0.2, 0.25) is 0 Å². The molecule has 3 aromatic rings. The van der Waals surface area contributed by atoms with Crippen molar-refractivity contribution in [1.82, 2.24) is 10.1 Å². The van der Waals surface area contributed by atoms with Crippen LogP contribution in [0.4, 0.5) is 5.82 Å². The number of rotatable bonds is 3. The average molecular weight is 333 g/mol. The van der Waals surface area contributed by atoms with Crippen molar-refractivity contribution in [1.29, 1.82) is 0 Å². The van der Waals surface area contributed by atoms with Gasteiger partial charge in [0, 0.05) is 32.7 Å². The Morgan fingerprint density at radius 3 is 2.68 bits per heavy atom. The number of nitrogens with zero attached hydrogens (tertiary/aromatic N) is 3. The molecule has 0 radical (unpaired) electrons. The minimum absolute atomic E-state index is 0.704. The van der Waals surface area contributed by atoms with Crippen LogP contribution >= 0.6 is 0 Å². The molecule has 2 heterocycles. The van der Waals surface area contributed by atoms with Crippen LogP contribution in [0.5, 0.6) is 0 Å². The molecule has 5 rings (SSSR count). The molecule has 1 aliphatic heterocycles. The highest BCUT2D eigenvalue weighted by atomic mass is 16.5. The van der Waals surface area contributed by atoms with Gasteiger partial charge in [-0.2, -0.15) is 0 Å². The molecular weight excluding hydrogens is 310 g/mol. The van der Waals surface area contributed by atoms with E-state index in [9.17, 15) is 0 Å². The van der Waals surface area contributed by atoms with Gasteiger partial charge in [0.05, 0.1) is 5.39 Å². The fraction of sp³-hybridized carbons (Fsp3) is 0.381. The van der Waals surface area contributed by atoms with Gasteiger partial charge >= 0.3 is 0 Å². The smallest absolute Gasteiger partial charge is 0.180 e. The van der Waals surface area contributed by atoms with Gasteiger partial charge in [0.25, 0.3) is 0 Å². The predicted octanol–water partition coefficient (Wildman–Crippen LogP) is 3.68. The first-order valence-electron chi connectivity index (χ1n) is 9.28. The van der Waals surface area contributed by atoms with Gasteiger partial charge in [-0.3, -0.25) is 4.90 Å². The van der Waals surface area contributed by atoms with Gasteiger partial charge in [0.15, 0.2) is 11.4 Å². The number of piperazine rings is 1. The summed E-state index contributed by atoms with van der Waals surface area (Å²) < 4.78 is 5.47. The SMILES string of the molecule is c1ccc2c(c1)CC[C@H]2CN1CCN(c2noc3ccccc23)CC1. The van der Waals surface area contributed by atoms with E-state index >= 15 is 0 Å². The van der Waals surface area contributed by atoms with Crippen LogP contribution in [0.3, 0.4) is 0 Å². The van der Waals surface area contributed by atoms with Crippen LogP contribution in [-0.2, 0) is 6.42 Å². The maximum Gasteiger partial charge on any atom is 0.180 e. The Bertz CT molecular complexity index is 879. The molecule has 128 valence electrons. The Balaban J connectivity index is 1.25. The zero-order valence-electron chi connectivity index (χ0n) is 14.4. The molecule has 1 saturated heterocycles. The second-order valence-electron chi connectivity index (χ2n) is 7.22. The molecule has 0 unspecified atom stereocenters. The Kier molecular flexibility index (Phi) is 3.71. The molecule has 2 aliphatic rings. The number of benzene rings is 2. The molecular formula is C21H23N3O. The van der Waals surface area contributed by atoms with Crippen LogP contribution in [0.15, 0.2) is 53.1 Å². The molecule has 2 aromatic carbocycles. The minimum Gasteiger partial charge on any atom is -0.354 e. The number of fused-ring (bicyclic) bond motifs is 2. The van der Waals surface area contributed by atoms with E-state index in [4.69, 9.17) is 4.52 Å². The Hall–Kier alpha value is -2.33. The zero-order chi connectivity index (χ0) is 16.6. The second kappa shape index (κ2) is 6.19. The number of hydrogen-bond donors (Lipinski definition) is 0. The van der Waals surface area contributed by atoms with Crippen molar-refractivity contribution < 1.29 is 4.52 Å². The number of anilines is 1. The van der Waals surface area contributed by atoms with Gasteiger partial charge in [-0.15, -0.1) is 0 Å². The van der Waals surface area contributed by atoms with E-state index in [2.05, 4.69) is 51.4 Å². The van der Waals surface area contributed by atoms with E-state index < -0.39 is 0 Å². The van der Waals surface area contributed by atoms with Crippen molar-refractivity contribution in [2.75, 3.05) is 37.6 Å². The Labute approximate surface area is 148 Å². The van der Waals surface area contributed by atoms with Crippen molar-refractivity contribution in [3.05, 3.63) is 59.7 Å². The normalized spacial score (nSPS) is 21.0. The quantitative estimate of drug-likeness (QED) is 0.732. The lowest BCUT2D eigenvalue weighted by Crippen LogP contribution is -2.47. The third-order valence-corrected chi connectivity index (χ3v) is 5.77. The molecule has 1 fully saturated rings. The molecule has 0 spiro atoms. The van der Waals surface area contributed by atoms with E-state index in [1.165, 1.54) is 19.4 Å². The van der Waals surface area contributed by atoms with Gasteiger partial charge in [0.1, 0.15) is 0 Å². The first-order chi connectivity index (χ1) is 12.4. The monoisotopic (exact) mass is 333 g/mol. The van der Waals surface area contributed by atoms with Gasteiger partial charge in [-0.25, -0.2) is 0 Å². The summed E-state index contributed by atoms with van der Waals surface area (Å²) >= 11 is 0. The van der Waals surface area contributed by atoms with E-state index in [1.54, 1.807) is 11.1 Å². The maximum atomic E-state index is 5.47. The van der Waals surface area contributed by atoms with Crippen LogP contribution in [0.25, 0.3) is 11.0 Å². The predicted molar refractivity (Wildman–Crippen MR) is 100 cm³/mol. The molecule has 4 heteroatoms. The number of para-hydroxylation sites is 1. The largest absolute Gasteiger partial charge is 0.354 e. The molecule has 0 amide bonds. The zero-order valence-corrected chi connectivity index (χ0v) is 14.4. The van der Waals surface area contributed by atoms with Crippen molar-refractivity contribution in [2.24, 2.45) is 0 Å². The molecule has 1 aromatic heterocycles. The molecule has 0 bridgehead atoms. The summed E-state index contributed by atoms with van der Waals surface area (Å²) in [5.74, 6) is 1.71. The van der Waals surface area contributed by atoms with E-state index in [1.807, 2.05) is 12.1 Å². The molecule has 0 saturated carbocycles. The van der Waals surface area contributed by atoms with Gasteiger partial charge in [-0.05, 0) is 42.0 Å². The summed E-state index contributed by atoms with van der Waals surface area (Å²) in [4.78, 5) is 4.98. The molecule has 25 heavy (non-hydrogen) atoms. The van der Waals surface area contributed by atoms with Gasteiger partial charge in [-0.1, -0.05) is 41.6 Å². The van der Waals surface area contributed by atoms with Crippen molar-refractivity contribution in [3.8, 4) is 0 Å². The first kappa shape index (κ1) is 15.0. The fourth-order valence-electron chi connectivity index (χ4n) is 4.39. The number of aromatic nitrogens is 1. The van der Waals surface area contributed by atoms with Crippen molar-refractivity contribution >= 4 is 16.8 Å². The molecule has 1 atom stereocenters. The highest BCUT2D eigenvalue weighted by molar-refractivity contribution is 5.88. The lowest BCUT2D eigenvalue weighted by molar-refractivity contribution is 0.240. The maximum absolute atomic E-state index is 5.47. The van der Waals surface area contributed by atoms with Crippen LogP contribution < -0.4 is 4.90 Å². The highest BCUT2D eigenvalue weighted by Crippen LogP contribution is 2.34. The highest BCUT2D eigenvalue weighted by Gasteiger charge is 2.27. The first-order valence-corrected chi connectivity index (χ1v) is 9.28. The van der Waals surface area contributed by atoms with Gasteiger partial charge < -0.3 is 9.42 Å². The van der Waals surface area contributed by atoms with E-state index in [0.29, 0.717) is 5.92 Å². The molecule has 0 N–H and O–H groups in total. The Morgan fingerprint density at radius 1 is 0.960 bits per heavy atom. The third-order valence-electron chi connectivity index (χ3n) is 5.77. The molecule has 1 aliphatic carbocycles. The topological polar surface area (TPSA) is 32.5 Å². The fourth-order valence-corrected chi connectivity index (χ4v) is 4.39. The third kappa shape index (κ3) is 2.71. The molecule has 4 nitrogen and oxygen atoms in total. The number of hydrogen-bond acceptors (Lipinski definition) is 4. The number of aryl methyl sites for hydroxylation is 1. The van der Waals surface area contributed by atoms with E-state index in [-0.39, 0.29) is 0 Å². The Morgan fingerprint density at radius 2 is 1.76 bits per heavy atom. The van der Waals surface area contributed by atoms with Crippen LogP contribution in [-0.4, -0.2) is 42.8 Å². The standard InChI is InChI=1S/C21H23N3O/c1-2-6-18-16(5-1)9-10-17(18)15-23-11-13-24(14-12-23)21-19-7-3-4-8-20(19)25-22-21/h1-8,17H,9-15H2/t17-/m0/s1. The lowest BCUT2D eigenvalue weighted by atomic mass is 10.0.